The molecule has 0 unspecified atom stereocenters. The van der Waals surface area contributed by atoms with Gasteiger partial charge in [0.15, 0.2) is 0 Å². The maximum atomic E-state index is 13.7. The Balaban J connectivity index is 1.55. The molecule has 0 atom stereocenters. The fraction of sp³-hybridized carbons (Fsp3) is 0.684. The predicted molar refractivity (Wildman–Crippen MR) is 82.6 cm³/mol. The number of halogens is 3. The molecular formula is C19H25F3. The van der Waals surface area contributed by atoms with Crippen LogP contribution in [0.4, 0.5) is 13.2 Å². The second-order valence-corrected chi connectivity index (χ2v) is 7.19. The van der Waals surface area contributed by atoms with Crippen LogP contribution in [0.5, 0.6) is 0 Å². The van der Waals surface area contributed by atoms with E-state index in [2.05, 4.69) is 0 Å². The third-order valence-electron chi connectivity index (χ3n) is 5.72. The first kappa shape index (κ1) is 15.9. The number of hydrogen-bond acceptors (Lipinski definition) is 0. The number of rotatable bonds is 4. The van der Waals surface area contributed by atoms with Crippen LogP contribution >= 0.6 is 0 Å². The summed E-state index contributed by atoms with van der Waals surface area (Å²) in [6, 6.07) is 4.30. The van der Waals surface area contributed by atoms with E-state index in [1.54, 1.807) is 6.07 Å². The van der Waals surface area contributed by atoms with Crippen LogP contribution in [-0.2, 0) is 0 Å². The number of benzene rings is 1. The Bertz CT molecular complexity index is 483. The first-order valence-corrected chi connectivity index (χ1v) is 8.71. The molecule has 1 aromatic rings. The van der Waals surface area contributed by atoms with Crippen LogP contribution in [0.2, 0.25) is 0 Å². The Hall–Kier alpha value is -0.990. The van der Waals surface area contributed by atoms with Crippen molar-refractivity contribution in [2.24, 2.45) is 11.8 Å². The average molecular weight is 310 g/mol. The molecule has 2 fully saturated rings. The summed E-state index contributed by atoms with van der Waals surface area (Å²) in [5.74, 6) is 1.36. The maximum absolute atomic E-state index is 13.7. The minimum atomic E-state index is -2.73. The summed E-state index contributed by atoms with van der Waals surface area (Å²) in [5, 5.41) is 0. The molecule has 0 heterocycles. The van der Waals surface area contributed by atoms with Crippen LogP contribution in [0.15, 0.2) is 18.2 Å². The van der Waals surface area contributed by atoms with Crippen molar-refractivity contribution >= 4 is 0 Å². The molecule has 2 aliphatic carbocycles. The van der Waals surface area contributed by atoms with E-state index < -0.39 is 17.8 Å². The summed E-state index contributed by atoms with van der Waals surface area (Å²) in [4.78, 5) is 0. The van der Waals surface area contributed by atoms with Gasteiger partial charge in [0.2, 0.25) is 0 Å². The second kappa shape index (κ2) is 7.06. The first-order valence-electron chi connectivity index (χ1n) is 8.71. The van der Waals surface area contributed by atoms with Crippen LogP contribution in [0.3, 0.4) is 0 Å². The van der Waals surface area contributed by atoms with Crippen molar-refractivity contribution in [2.75, 3.05) is 0 Å². The standard InChI is InChI=1S/C19H25F3/c20-18-12-16(9-10-17(18)19(21)22)15-7-5-14(6-8-15)11-13-3-1-2-4-13/h9-10,12-15,19H,1-8,11H2. The van der Waals surface area contributed by atoms with Gasteiger partial charge in [-0.05, 0) is 61.5 Å². The predicted octanol–water partition coefficient (Wildman–Crippen LogP) is 6.62. The third-order valence-corrected chi connectivity index (χ3v) is 5.72. The zero-order valence-corrected chi connectivity index (χ0v) is 13.0. The summed E-state index contributed by atoms with van der Waals surface area (Å²) >= 11 is 0. The average Bonchev–Trinajstić information content (AvgIpc) is 3.00. The molecule has 0 aliphatic heterocycles. The van der Waals surface area contributed by atoms with Crippen molar-refractivity contribution in [2.45, 2.75) is 70.1 Å². The highest BCUT2D eigenvalue weighted by Gasteiger charge is 2.26. The van der Waals surface area contributed by atoms with Gasteiger partial charge in [0.1, 0.15) is 5.82 Å². The molecule has 0 saturated heterocycles. The highest BCUT2D eigenvalue weighted by Crippen LogP contribution is 2.41. The van der Waals surface area contributed by atoms with Gasteiger partial charge in [-0.25, -0.2) is 13.2 Å². The van der Waals surface area contributed by atoms with Crippen LogP contribution in [0, 0.1) is 17.7 Å². The van der Waals surface area contributed by atoms with Gasteiger partial charge in [-0.1, -0.05) is 37.8 Å². The van der Waals surface area contributed by atoms with E-state index in [9.17, 15) is 13.2 Å². The third kappa shape index (κ3) is 3.67. The van der Waals surface area contributed by atoms with Crippen molar-refractivity contribution < 1.29 is 13.2 Å². The van der Waals surface area contributed by atoms with Gasteiger partial charge in [-0.3, -0.25) is 0 Å². The van der Waals surface area contributed by atoms with Gasteiger partial charge >= 0.3 is 0 Å². The lowest BCUT2D eigenvalue weighted by Crippen LogP contribution is -2.16. The molecular weight excluding hydrogens is 285 g/mol. The van der Waals surface area contributed by atoms with Crippen molar-refractivity contribution in [3.05, 3.63) is 35.1 Å². The molecule has 0 N–H and O–H groups in total. The molecule has 0 bridgehead atoms. The van der Waals surface area contributed by atoms with Crippen LogP contribution < -0.4 is 0 Å². The number of hydrogen-bond donors (Lipinski definition) is 0. The van der Waals surface area contributed by atoms with E-state index in [1.807, 2.05) is 0 Å². The zero-order chi connectivity index (χ0) is 15.5. The fourth-order valence-corrected chi connectivity index (χ4v) is 4.42. The SMILES string of the molecule is Fc1cc(C2CCC(CC3CCCC3)CC2)ccc1C(F)F. The smallest absolute Gasteiger partial charge is 0.206 e. The Labute approximate surface area is 131 Å². The highest BCUT2D eigenvalue weighted by atomic mass is 19.3. The van der Waals surface area contributed by atoms with Gasteiger partial charge in [-0.15, -0.1) is 0 Å². The monoisotopic (exact) mass is 310 g/mol. The summed E-state index contributed by atoms with van der Waals surface area (Å²) in [7, 11) is 0. The lowest BCUT2D eigenvalue weighted by Gasteiger charge is -2.30. The lowest BCUT2D eigenvalue weighted by atomic mass is 9.75. The number of alkyl halides is 2. The molecule has 2 aliphatic rings. The zero-order valence-electron chi connectivity index (χ0n) is 13.0. The molecule has 22 heavy (non-hydrogen) atoms. The van der Waals surface area contributed by atoms with Gasteiger partial charge in [0.25, 0.3) is 6.43 Å². The van der Waals surface area contributed by atoms with E-state index in [0.717, 1.165) is 30.2 Å². The van der Waals surface area contributed by atoms with E-state index in [4.69, 9.17) is 0 Å². The van der Waals surface area contributed by atoms with Gasteiger partial charge < -0.3 is 0 Å². The Kier molecular flexibility index (Phi) is 5.10. The van der Waals surface area contributed by atoms with Crippen LogP contribution in [0.1, 0.15) is 81.3 Å². The van der Waals surface area contributed by atoms with Gasteiger partial charge in [0.05, 0.1) is 5.56 Å². The molecule has 122 valence electrons. The summed E-state index contributed by atoms with van der Waals surface area (Å²) in [6.45, 7) is 0. The summed E-state index contributed by atoms with van der Waals surface area (Å²) in [6.07, 6.45) is 8.81. The minimum Gasteiger partial charge on any atom is -0.206 e. The summed E-state index contributed by atoms with van der Waals surface area (Å²) in [5.41, 5.74) is 0.430. The second-order valence-electron chi connectivity index (χ2n) is 7.19. The van der Waals surface area contributed by atoms with Gasteiger partial charge in [-0.2, -0.15) is 0 Å². The Morgan fingerprint density at radius 2 is 1.55 bits per heavy atom. The van der Waals surface area contributed by atoms with Crippen LogP contribution in [-0.4, -0.2) is 0 Å². The van der Waals surface area contributed by atoms with Crippen molar-refractivity contribution in [3.63, 3.8) is 0 Å². The van der Waals surface area contributed by atoms with E-state index in [-0.39, 0.29) is 0 Å². The molecule has 1 aromatic carbocycles. The lowest BCUT2D eigenvalue weighted by molar-refractivity contribution is 0.146. The fourth-order valence-electron chi connectivity index (χ4n) is 4.42. The van der Waals surface area contributed by atoms with Crippen molar-refractivity contribution in [3.8, 4) is 0 Å². The minimum absolute atomic E-state index is 0.348. The normalized spacial score (nSPS) is 26.7. The molecule has 0 spiro atoms. The molecule has 0 radical (unpaired) electrons. The van der Waals surface area contributed by atoms with E-state index in [1.165, 1.54) is 57.1 Å². The van der Waals surface area contributed by atoms with E-state index in [0.29, 0.717) is 5.92 Å². The molecule has 3 heteroatoms. The quantitative estimate of drug-likeness (QED) is 0.586. The van der Waals surface area contributed by atoms with Crippen molar-refractivity contribution in [1.82, 2.24) is 0 Å². The molecule has 0 amide bonds. The van der Waals surface area contributed by atoms with Crippen LogP contribution in [0.25, 0.3) is 0 Å². The molecule has 3 rings (SSSR count). The highest BCUT2D eigenvalue weighted by molar-refractivity contribution is 5.28. The Morgan fingerprint density at radius 1 is 0.909 bits per heavy atom. The molecule has 2 saturated carbocycles. The summed E-state index contributed by atoms with van der Waals surface area (Å²) < 4.78 is 38.9. The molecule has 0 aromatic heterocycles. The Morgan fingerprint density at radius 3 is 2.14 bits per heavy atom. The topological polar surface area (TPSA) is 0 Å². The first-order chi connectivity index (χ1) is 10.6. The molecule has 0 nitrogen and oxygen atoms in total. The maximum Gasteiger partial charge on any atom is 0.266 e. The van der Waals surface area contributed by atoms with Crippen molar-refractivity contribution in [1.29, 1.82) is 0 Å². The van der Waals surface area contributed by atoms with Gasteiger partial charge in [0, 0.05) is 0 Å². The largest absolute Gasteiger partial charge is 0.266 e. The van der Waals surface area contributed by atoms with E-state index >= 15 is 0 Å².